The van der Waals surface area contributed by atoms with Crippen LogP contribution in [-0.2, 0) is 9.53 Å². The molecular weight excluding hydrogens is 294 g/mol. The topological polar surface area (TPSA) is 29.5 Å². The molecule has 0 saturated carbocycles. The van der Waals surface area contributed by atoms with Crippen LogP contribution in [0, 0.1) is 17.8 Å². The standard InChI is InChI=1S/C14H24BrNO2/c1-8-5-6-16(12(8)7-15)14(17)13-9(2)10(3)18-11(13)4/h8-13H,5-7H2,1-4H3. The summed E-state index contributed by atoms with van der Waals surface area (Å²) in [6.45, 7) is 9.38. The minimum Gasteiger partial charge on any atom is -0.374 e. The van der Waals surface area contributed by atoms with E-state index in [0.29, 0.717) is 23.8 Å². The van der Waals surface area contributed by atoms with E-state index in [9.17, 15) is 4.79 Å². The van der Waals surface area contributed by atoms with Gasteiger partial charge < -0.3 is 9.64 Å². The van der Waals surface area contributed by atoms with Gasteiger partial charge in [-0.2, -0.15) is 0 Å². The Morgan fingerprint density at radius 1 is 1.28 bits per heavy atom. The molecule has 1 amide bonds. The normalized spacial score (nSPS) is 44.6. The van der Waals surface area contributed by atoms with Crippen molar-refractivity contribution in [1.29, 1.82) is 0 Å². The zero-order valence-corrected chi connectivity index (χ0v) is 13.3. The maximum absolute atomic E-state index is 12.8. The Kier molecular flexibility index (Phi) is 4.37. The van der Waals surface area contributed by atoms with Gasteiger partial charge in [0, 0.05) is 17.9 Å². The summed E-state index contributed by atoms with van der Waals surface area (Å²) >= 11 is 3.55. The fourth-order valence-electron chi connectivity index (χ4n) is 3.40. The number of likely N-dealkylation sites (tertiary alicyclic amines) is 1. The number of carbonyl (C=O) groups is 1. The molecule has 6 unspecified atom stereocenters. The predicted octanol–water partition coefficient (Wildman–Crippen LogP) is 2.68. The molecule has 2 aliphatic rings. The number of nitrogens with zero attached hydrogens (tertiary/aromatic N) is 1. The Labute approximate surface area is 118 Å². The van der Waals surface area contributed by atoms with Gasteiger partial charge in [0.2, 0.25) is 5.91 Å². The van der Waals surface area contributed by atoms with Crippen molar-refractivity contribution in [2.45, 2.75) is 52.4 Å². The van der Waals surface area contributed by atoms with E-state index in [0.717, 1.165) is 18.3 Å². The Morgan fingerprint density at radius 2 is 1.94 bits per heavy atom. The van der Waals surface area contributed by atoms with Crippen molar-refractivity contribution >= 4 is 21.8 Å². The van der Waals surface area contributed by atoms with Crippen molar-refractivity contribution < 1.29 is 9.53 Å². The molecule has 0 aromatic rings. The van der Waals surface area contributed by atoms with E-state index in [2.05, 4.69) is 41.6 Å². The molecule has 0 aromatic carbocycles. The Hall–Kier alpha value is -0.0900. The van der Waals surface area contributed by atoms with Gasteiger partial charge in [-0.25, -0.2) is 0 Å². The van der Waals surface area contributed by atoms with Crippen molar-refractivity contribution in [3.05, 3.63) is 0 Å². The zero-order chi connectivity index (χ0) is 13.4. The van der Waals surface area contributed by atoms with Crippen LogP contribution in [0.3, 0.4) is 0 Å². The summed E-state index contributed by atoms with van der Waals surface area (Å²) < 4.78 is 5.80. The number of rotatable bonds is 2. The molecule has 0 aromatic heterocycles. The monoisotopic (exact) mass is 317 g/mol. The van der Waals surface area contributed by atoms with Gasteiger partial charge in [-0.05, 0) is 32.1 Å². The molecule has 2 saturated heterocycles. The molecule has 0 radical (unpaired) electrons. The maximum atomic E-state index is 12.8. The van der Waals surface area contributed by atoms with Gasteiger partial charge >= 0.3 is 0 Å². The molecule has 104 valence electrons. The zero-order valence-electron chi connectivity index (χ0n) is 11.7. The Morgan fingerprint density at radius 3 is 2.44 bits per heavy atom. The van der Waals surface area contributed by atoms with Gasteiger partial charge in [0.1, 0.15) is 0 Å². The summed E-state index contributed by atoms with van der Waals surface area (Å²) in [4.78, 5) is 14.8. The lowest BCUT2D eigenvalue weighted by molar-refractivity contribution is -0.138. The molecule has 3 nitrogen and oxygen atoms in total. The van der Waals surface area contributed by atoms with Crippen LogP contribution in [0.15, 0.2) is 0 Å². The second kappa shape index (κ2) is 5.49. The quantitative estimate of drug-likeness (QED) is 0.733. The number of halogens is 1. The lowest BCUT2D eigenvalue weighted by atomic mass is 9.88. The van der Waals surface area contributed by atoms with Crippen molar-refractivity contribution in [3.63, 3.8) is 0 Å². The van der Waals surface area contributed by atoms with Gasteiger partial charge in [-0.3, -0.25) is 4.79 Å². The fraction of sp³-hybridized carbons (Fsp3) is 0.929. The van der Waals surface area contributed by atoms with Gasteiger partial charge in [0.25, 0.3) is 0 Å². The number of carbonyl (C=O) groups excluding carboxylic acids is 1. The third kappa shape index (κ3) is 2.34. The van der Waals surface area contributed by atoms with E-state index in [1.165, 1.54) is 0 Å². The molecule has 2 heterocycles. The van der Waals surface area contributed by atoms with Crippen LogP contribution in [0.4, 0.5) is 0 Å². The summed E-state index contributed by atoms with van der Waals surface area (Å²) in [5, 5.41) is 0.881. The van der Waals surface area contributed by atoms with Crippen molar-refractivity contribution in [1.82, 2.24) is 4.90 Å². The van der Waals surface area contributed by atoms with Crippen LogP contribution in [0.2, 0.25) is 0 Å². The summed E-state index contributed by atoms with van der Waals surface area (Å²) in [6, 6.07) is 0.354. The van der Waals surface area contributed by atoms with E-state index in [1.807, 2.05) is 6.92 Å². The molecule has 2 rings (SSSR count). The summed E-state index contributed by atoms with van der Waals surface area (Å²) in [5.74, 6) is 1.25. The lowest BCUT2D eigenvalue weighted by Gasteiger charge is -2.30. The van der Waals surface area contributed by atoms with E-state index in [4.69, 9.17) is 4.74 Å². The highest BCUT2D eigenvalue weighted by molar-refractivity contribution is 9.09. The smallest absolute Gasteiger partial charge is 0.228 e. The van der Waals surface area contributed by atoms with Crippen LogP contribution in [0.1, 0.15) is 34.1 Å². The Balaban J connectivity index is 2.12. The van der Waals surface area contributed by atoms with E-state index in [-0.39, 0.29) is 18.1 Å². The molecule has 4 heteroatoms. The highest BCUT2D eigenvalue weighted by Crippen LogP contribution is 2.36. The number of hydrogen-bond donors (Lipinski definition) is 0. The first-order chi connectivity index (χ1) is 8.47. The molecule has 0 aliphatic carbocycles. The number of alkyl halides is 1. The highest BCUT2D eigenvalue weighted by atomic mass is 79.9. The van der Waals surface area contributed by atoms with Crippen LogP contribution in [0.25, 0.3) is 0 Å². The second-order valence-corrected chi connectivity index (χ2v) is 6.60. The fourth-order valence-corrected chi connectivity index (χ4v) is 4.39. The van der Waals surface area contributed by atoms with Gasteiger partial charge in [-0.1, -0.05) is 29.8 Å². The predicted molar refractivity (Wildman–Crippen MR) is 75.7 cm³/mol. The lowest BCUT2D eigenvalue weighted by Crippen LogP contribution is -2.45. The second-order valence-electron chi connectivity index (χ2n) is 5.95. The average molecular weight is 318 g/mol. The van der Waals surface area contributed by atoms with Crippen molar-refractivity contribution in [2.75, 3.05) is 11.9 Å². The van der Waals surface area contributed by atoms with E-state index >= 15 is 0 Å². The van der Waals surface area contributed by atoms with Gasteiger partial charge in [0.15, 0.2) is 0 Å². The van der Waals surface area contributed by atoms with Crippen LogP contribution in [-0.4, -0.2) is 40.9 Å². The van der Waals surface area contributed by atoms with Gasteiger partial charge in [0.05, 0.1) is 18.1 Å². The highest BCUT2D eigenvalue weighted by Gasteiger charge is 2.46. The molecule has 2 aliphatic heterocycles. The van der Waals surface area contributed by atoms with Crippen molar-refractivity contribution in [3.8, 4) is 0 Å². The van der Waals surface area contributed by atoms with E-state index < -0.39 is 0 Å². The maximum Gasteiger partial charge on any atom is 0.228 e. The average Bonchev–Trinajstić information content (AvgIpc) is 2.80. The number of ether oxygens (including phenoxy) is 1. The first kappa shape index (κ1) is 14.3. The van der Waals surface area contributed by atoms with Crippen LogP contribution < -0.4 is 0 Å². The minimum atomic E-state index is 0.0341. The molecule has 0 bridgehead atoms. The minimum absolute atomic E-state index is 0.0341. The number of amides is 1. The van der Waals surface area contributed by atoms with Crippen LogP contribution >= 0.6 is 15.9 Å². The summed E-state index contributed by atoms with van der Waals surface area (Å²) in [7, 11) is 0. The molecule has 0 spiro atoms. The summed E-state index contributed by atoms with van der Waals surface area (Å²) in [6.07, 6.45) is 1.36. The van der Waals surface area contributed by atoms with Crippen molar-refractivity contribution in [2.24, 2.45) is 17.8 Å². The first-order valence-corrected chi connectivity index (χ1v) is 8.11. The molecule has 2 fully saturated rings. The number of hydrogen-bond acceptors (Lipinski definition) is 2. The molecular formula is C14H24BrNO2. The van der Waals surface area contributed by atoms with Gasteiger partial charge in [-0.15, -0.1) is 0 Å². The Bertz CT molecular complexity index is 323. The molecule has 0 N–H and O–H groups in total. The molecule has 18 heavy (non-hydrogen) atoms. The molecule has 6 atom stereocenters. The third-order valence-electron chi connectivity index (χ3n) is 4.85. The summed E-state index contributed by atoms with van der Waals surface area (Å²) in [5.41, 5.74) is 0. The SMILES string of the molecule is CC1CCN(C(=O)C2C(C)OC(C)C2C)C1CBr. The first-order valence-electron chi connectivity index (χ1n) is 6.99. The van der Waals surface area contributed by atoms with E-state index in [1.54, 1.807) is 0 Å². The third-order valence-corrected chi connectivity index (χ3v) is 5.51. The largest absolute Gasteiger partial charge is 0.374 e. The van der Waals surface area contributed by atoms with Crippen LogP contribution in [0.5, 0.6) is 0 Å².